The third-order valence-electron chi connectivity index (χ3n) is 1.78. The van der Waals surface area contributed by atoms with Gasteiger partial charge in [0.1, 0.15) is 0 Å². The van der Waals surface area contributed by atoms with Crippen LogP contribution in [0, 0.1) is 0 Å². The Labute approximate surface area is 93.5 Å². The van der Waals surface area contributed by atoms with E-state index in [1.165, 1.54) is 18.5 Å². The minimum absolute atomic E-state index is 0.0933. The van der Waals surface area contributed by atoms with Crippen molar-refractivity contribution in [1.29, 1.82) is 0 Å². The molecule has 1 rings (SSSR count). The number of carbonyl (C=O) groups excluding carboxylic acids is 1. The molecule has 0 radical (unpaired) electrons. The van der Waals surface area contributed by atoms with Gasteiger partial charge in [-0.3, -0.25) is 9.78 Å². The molecule has 86 valence electrons. The van der Waals surface area contributed by atoms with Crippen LogP contribution < -0.4 is 5.32 Å². The zero-order valence-electron chi connectivity index (χ0n) is 9.44. The molecule has 0 aliphatic rings. The van der Waals surface area contributed by atoms with Gasteiger partial charge in [-0.1, -0.05) is 0 Å². The molecule has 0 fully saturated rings. The molecule has 1 aromatic heterocycles. The minimum Gasteiger partial charge on any atom is -0.478 e. The van der Waals surface area contributed by atoms with Crippen LogP contribution in [0.5, 0.6) is 0 Å². The van der Waals surface area contributed by atoms with E-state index in [4.69, 9.17) is 5.11 Å². The summed E-state index contributed by atoms with van der Waals surface area (Å²) in [5, 5.41) is 11.6. The molecule has 0 aliphatic heterocycles. The summed E-state index contributed by atoms with van der Waals surface area (Å²) in [6.45, 7) is 5.48. The predicted octanol–water partition coefficient (Wildman–Crippen LogP) is 1.31. The van der Waals surface area contributed by atoms with E-state index in [1.54, 1.807) is 0 Å². The lowest BCUT2D eigenvalue weighted by molar-refractivity contribution is 0.0689. The van der Waals surface area contributed by atoms with Crippen molar-refractivity contribution in [3.05, 3.63) is 29.6 Å². The lowest BCUT2D eigenvalue weighted by Crippen LogP contribution is -2.41. The van der Waals surface area contributed by atoms with E-state index in [-0.39, 0.29) is 11.1 Å². The molecule has 0 saturated carbocycles. The van der Waals surface area contributed by atoms with Gasteiger partial charge in [0.15, 0.2) is 0 Å². The van der Waals surface area contributed by atoms with Crippen molar-refractivity contribution in [2.24, 2.45) is 0 Å². The van der Waals surface area contributed by atoms with E-state index in [0.717, 1.165) is 0 Å². The van der Waals surface area contributed by atoms with E-state index in [1.807, 2.05) is 20.8 Å². The Hall–Kier alpha value is -1.91. The Morgan fingerprint density at radius 1 is 1.31 bits per heavy atom. The van der Waals surface area contributed by atoms with Gasteiger partial charge in [-0.15, -0.1) is 0 Å². The fraction of sp³-hybridized carbons (Fsp3) is 0.364. The van der Waals surface area contributed by atoms with Gasteiger partial charge in [-0.25, -0.2) is 4.79 Å². The topological polar surface area (TPSA) is 79.3 Å². The molecule has 0 bridgehead atoms. The van der Waals surface area contributed by atoms with Gasteiger partial charge < -0.3 is 10.4 Å². The third-order valence-corrected chi connectivity index (χ3v) is 1.78. The Morgan fingerprint density at radius 3 is 2.44 bits per heavy atom. The number of rotatable bonds is 2. The maximum absolute atomic E-state index is 11.8. The van der Waals surface area contributed by atoms with Crippen LogP contribution in [0.3, 0.4) is 0 Å². The molecule has 0 aromatic carbocycles. The van der Waals surface area contributed by atoms with Crippen LogP contribution in [-0.4, -0.2) is 27.5 Å². The van der Waals surface area contributed by atoms with Gasteiger partial charge in [-0.05, 0) is 26.8 Å². The number of aromatic carboxylic acids is 1. The summed E-state index contributed by atoms with van der Waals surface area (Å²) >= 11 is 0. The van der Waals surface area contributed by atoms with Crippen LogP contribution in [0.25, 0.3) is 0 Å². The molecule has 5 heteroatoms. The number of aromatic nitrogens is 1. The van der Waals surface area contributed by atoms with Crippen LogP contribution in [0.2, 0.25) is 0 Å². The zero-order chi connectivity index (χ0) is 12.3. The minimum atomic E-state index is -1.16. The van der Waals surface area contributed by atoms with Gasteiger partial charge in [-0.2, -0.15) is 0 Å². The highest BCUT2D eigenvalue weighted by molar-refractivity contribution is 6.04. The van der Waals surface area contributed by atoms with Crippen molar-refractivity contribution in [1.82, 2.24) is 10.3 Å². The van der Waals surface area contributed by atoms with Crippen LogP contribution >= 0.6 is 0 Å². The highest BCUT2D eigenvalue weighted by Gasteiger charge is 2.20. The Kier molecular flexibility index (Phi) is 3.27. The third kappa shape index (κ3) is 3.05. The lowest BCUT2D eigenvalue weighted by atomic mass is 10.1. The molecule has 2 N–H and O–H groups in total. The highest BCUT2D eigenvalue weighted by Crippen LogP contribution is 2.09. The van der Waals surface area contributed by atoms with Crippen molar-refractivity contribution >= 4 is 11.9 Å². The Bertz CT molecular complexity index is 421. The molecule has 1 aromatic rings. The summed E-state index contributed by atoms with van der Waals surface area (Å²) in [7, 11) is 0. The van der Waals surface area contributed by atoms with Gasteiger partial charge in [0.25, 0.3) is 5.91 Å². The number of nitrogens with zero attached hydrogens (tertiary/aromatic N) is 1. The molecule has 0 aliphatic carbocycles. The first-order valence-corrected chi connectivity index (χ1v) is 4.81. The molecule has 0 unspecified atom stereocenters. The molecular formula is C11H14N2O3. The predicted molar refractivity (Wildman–Crippen MR) is 58.4 cm³/mol. The number of carboxylic acids is 1. The SMILES string of the molecule is CC(C)(C)NC(=O)c1ccncc1C(=O)O. The second kappa shape index (κ2) is 4.30. The Morgan fingerprint density at radius 2 is 1.94 bits per heavy atom. The first-order chi connectivity index (χ1) is 7.31. The summed E-state index contributed by atoms with van der Waals surface area (Å²) in [6, 6.07) is 1.39. The number of carboxylic acid groups (broad SMARTS) is 1. The zero-order valence-corrected chi connectivity index (χ0v) is 9.44. The van der Waals surface area contributed by atoms with E-state index in [9.17, 15) is 9.59 Å². The van der Waals surface area contributed by atoms with Gasteiger partial charge >= 0.3 is 5.97 Å². The number of pyridine rings is 1. The van der Waals surface area contributed by atoms with Crippen molar-refractivity contribution in [2.75, 3.05) is 0 Å². The van der Waals surface area contributed by atoms with Crippen LogP contribution in [0.1, 0.15) is 41.5 Å². The molecule has 0 saturated heterocycles. The van der Waals surface area contributed by atoms with E-state index in [0.29, 0.717) is 0 Å². The quantitative estimate of drug-likeness (QED) is 0.790. The van der Waals surface area contributed by atoms with Gasteiger partial charge in [0.05, 0.1) is 11.1 Å². The second-order valence-corrected chi connectivity index (χ2v) is 4.43. The summed E-state index contributed by atoms with van der Waals surface area (Å²) in [5.74, 6) is -1.57. The molecular weight excluding hydrogens is 208 g/mol. The fourth-order valence-corrected chi connectivity index (χ4v) is 1.17. The average Bonchev–Trinajstić information content (AvgIpc) is 2.15. The van der Waals surface area contributed by atoms with E-state index in [2.05, 4.69) is 10.3 Å². The number of hydrogen-bond acceptors (Lipinski definition) is 3. The van der Waals surface area contributed by atoms with Crippen LogP contribution in [-0.2, 0) is 0 Å². The van der Waals surface area contributed by atoms with Crippen molar-refractivity contribution in [3.63, 3.8) is 0 Å². The summed E-state index contributed by atoms with van der Waals surface area (Å²) < 4.78 is 0. The van der Waals surface area contributed by atoms with Crippen LogP contribution in [0.4, 0.5) is 0 Å². The molecule has 16 heavy (non-hydrogen) atoms. The van der Waals surface area contributed by atoms with Crippen molar-refractivity contribution in [2.45, 2.75) is 26.3 Å². The summed E-state index contributed by atoms with van der Waals surface area (Å²) in [4.78, 5) is 26.3. The molecule has 1 heterocycles. The van der Waals surface area contributed by atoms with E-state index >= 15 is 0 Å². The fourth-order valence-electron chi connectivity index (χ4n) is 1.17. The highest BCUT2D eigenvalue weighted by atomic mass is 16.4. The number of hydrogen-bond donors (Lipinski definition) is 2. The normalized spacial score (nSPS) is 10.9. The van der Waals surface area contributed by atoms with Gasteiger partial charge in [0.2, 0.25) is 0 Å². The second-order valence-electron chi connectivity index (χ2n) is 4.43. The average molecular weight is 222 g/mol. The number of amides is 1. The monoisotopic (exact) mass is 222 g/mol. The molecule has 0 atom stereocenters. The number of nitrogens with one attached hydrogen (secondary N) is 1. The van der Waals surface area contributed by atoms with E-state index < -0.39 is 17.4 Å². The summed E-state index contributed by atoms with van der Waals surface area (Å²) in [5.41, 5.74) is -0.377. The van der Waals surface area contributed by atoms with Crippen LogP contribution in [0.15, 0.2) is 18.5 Å². The largest absolute Gasteiger partial charge is 0.478 e. The maximum atomic E-state index is 11.8. The van der Waals surface area contributed by atoms with Crippen molar-refractivity contribution in [3.8, 4) is 0 Å². The molecule has 1 amide bonds. The maximum Gasteiger partial charge on any atom is 0.338 e. The molecule has 0 spiro atoms. The standard InChI is InChI=1S/C11H14N2O3/c1-11(2,3)13-9(14)7-4-5-12-6-8(7)10(15)16/h4-6H,1-3H3,(H,13,14)(H,15,16). The Balaban J connectivity index is 3.04. The van der Waals surface area contributed by atoms with Gasteiger partial charge in [0, 0.05) is 17.9 Å². The smallest absolute Gasteiger partial charge is 0.338 e. The molecule has 5 nitrogen and oxygen atoms in total. The first-order valence-electron chi connectivity index (χ1n) is 4.81. The van der Waals surface area contributed by atoms with Crippen molar-refractivity contribution < 1.29 is 14.7 Å². The summed E-state index contributed by atoms with van der Waals surface area (Å²) in [6.07, 6.45) is 2.56. The number of carbonyl (C=O) groups is 2. The lowest BCUT2D eigenvalue weighted by Gasteiger charge is -2.20. The first kappa shape index (κ1) is 12.2.